The lowest BCUT2D eigenvalue weighted by molar-refractivity contribution is 0.280. The molecule has 1 aromatic carbocycles. The van der Waals surface area contributed by atoms with Crippen LogP contribution in [0.3, 0.4) is 0 Å². The molecule has 0 unspecified atom stereocenters. The lowest BCUT2D eigenvalue weighted by atomic mass is 10.1. The molecule has 0 saturated carbocycles. The molecule has 0 amide bonds. The van der Waals surface area contributed by atoms with Crippen molar-refractivity contribution in [3.8, 4) is 5.75 Å². The number of nitrogens with zero attached hydrogens (tertiary/aromatic N) is 3. The largest absolute Gasteiger partial charge is 0.484 e. The molecule has 0 aliphatic heterocycles. The second-order valence-corrected chi connectivity index (χ2v) is 6.00. The van der Waals surface area contributed by atoms with Crippen LogP contribution in [0.1, 0.15) is 32.0 Å². The lowest BCUT2D eigenvalue weighted by Gasteiger charge is -2.21. The van der Waals surface area contributed by atoms with Gasteiger partial charge in [-0.2, -0.15) is 0 Å². The van der Waals surface area contributed by atoms with Gasteiger partial charge in [0, 0.05) is 24.7 Å². The van der Waals surface area contributed by atoms with E-state index in [0.717, 1.165) is 5.56 Å². The number of hydrogen-bond donors (Lipinski definition) is 1. The summed E-state index contributed by atoms with van der Waals surface area (Å²) in [5.41, 5.74) is 1.40. The maximum atomic E-state index is 14.0. The first-order valence-electron chi connectivity index (χ1n) is 6.85. The number of aryl methyl sites for hydroxylation is 1. The number of ether oxygens (including phenoxy) is 1. The van der Waals surface area contributed by atoms with E-state index >= 15 is 0 Å². The average Bonchev–Trinajstić information content (AvgIpc) is 2.80. The fraction of sp³-hybridized carbons (Fsp3) is 0.467. The molecule has 1 aromatic heterocycles. The number of para-hydroxylation sites is 1. The van der Waals surface area contributed by atoms with E-state index in [0.29, 0.717) is 12.2 Å². The summed E-state index contributed by atoms with van der Waals surface area (Å²) in [4.78, 5) is 0. The topological polar surface area (TPSA) is 52.0 Å². The van der Waals surface area contributed by atoms with Crippen LogP contribution in [0.2, 0.25) is 0 Å². The Morgan fingerprint density at radius 2 is 2.10 bits per heavy atom. The summed E-state index contributed by atoms with van der Waals surface area (Å²) in [6, 6.07) is 4.94. The highest BCUT2D eigenvalue weighted by Crippen LogP contribution is 2.24. The Kier molecular flexibility index (Phi) is 4.57. The first-order valence-corrected chi connectivity index (χ1v) is 6.85. The van der Waals surface area contributed by atoms with Crippen LogP contribution >= 0.6 is 0 Å². The molecule has 0 aliphatic rings. The summed E-state index contributed by atoms with van der Waals surface area (Å²) in [6.07, 6.45) is 1.74. The highest BCUT2D eigenvalue weighted by molar-refractivity contribution is 5.35. The molecule has 5 nitrogen and oxygen atoms in total. The van der Waals surface area contributed by atoms with Crippen molar-refractivity contribution >= 4 is 0 Å². The second kappa shape index (κ2) is 6.22. The third-order valence-corrected chi connectivity index (χ3v) is 2.87. The van der Waals surface area contributed by atoms with Crippen LogP contribution in [-0.2, 0) is 20.2 Å². The van der Waals surface area contributed by atoms with Crippen molar-refractivity contribution in [2.45, 2.75) is 39.5 Å². The highest BCUT2D eigenvalue weighted by Gasteiger charge is 2.14. The van der Waals surface area contributed by atoms with E-state index in [-0.39, 0.29) is 23.7 Å². The molecule has 0 radical (unpaired) electrons. The molecule has 2 rings (SSSR count). The fourth-order valence-electron chi connectivity index (χ4n) is 1.82. The number of nitrogens with one attached hydrogen (secondary N) is 1. The zero-order valence-electron chi connectivity index (χ0n) is 12.9. The predicted molar refractivity (Wildman–Crippen MR) is 78.3 cm³/mol. The standard InChI is InChI=1S/C15H21FN4O/c1-15(2,3)17-8-11-6-5-7-13(16)14(11)21-10-12-9-20(4)19-18-12/h5-7,9,17H,8,10H2,1-4H3. The third kappa shape index (κ3) is 4.53. The van der Waals surface area contributed by atoms with Gasteiger partial charge >= 0.3 is 0 Å². The molecular weight excluding hydrogens is 271 g/mol. The van der Waals surface area contributed by atoms with Gasteiger partial charge in [-0.3, -0.25) is 4.68 Å². The van der Waals surface area contributed by atoms with E-state index in [2.05, 4.69) is 36.4 Å². The van der Waals surface area contributed by atoms with E-state index in [1.165, 1.54) is 6.07 Å². The molecule has 0 spiro atoms. The van der Waals surface area contributed by atoms with Gasteiger partial charge in [-0.15, -0.1) is 5.10 Å². The van der Waals surface area contributed by atoms with Crippen LogP contribution in [0.15, 0.2) is 24.4 Å². The lowest BCUT2D eigenvalue weighted by Crippen LogP contribution is -2.35. The van der Waals surface area contributed by atoms with E-state index in [9.17, 15) is 4.39 Å². The van der Waals surface area contributed by atoms with Crippen LogP contribution in [0.5, 0.6) is 5.75 Å². The van der Waals surface area contributed by atoms with E-state index in [1.807, 2.05) is 6.07 Å². The van der Waals surface area contributed by atoms with Crippen molar-refractivity contribution in [1.82, 2.24) is 20.3 Å². The molecule has 0 bridgehead atoms. The molecule has 0 atom stereocenters. The summed E-state index contributed by atoms with van der Waals surface area (Å²) in [5, 5.41) is 11.1. The molecule has 0 aliphatic carbocycles. The zero-order chi connectivity index (χ0) is 15.5. The molecule has 2 aromatic rings. The number of hydrogen-bond acceptors (Lipinski definition) is 4. The van der Waals surface area contributed by atoms with Crippen LogP contribution in [0.25, 0.3) is 0 Å². The van der Waals surface area contributed by atoms with Crippen LogP contribution < -0.4 is 10.1 Å². The van der Waals surface area contributed by atoms with Crippen molar-refractivity contribution in [1.29, 1.82) is 0 Å². The van der Waals surface area contributed by atoms with Gasteiger partial charge in [-0.05, 0) is 26.8 Å². The van der Waals surface area contributed by atoms with E-state index in [1.54, 1.807) is 24.0 Å². The van der Waals surface area contributed by atoms with Gasteiger partial charge in [0.2, 0.25) is 0 Å². The summed E-state index contributed by atoms with van der Waals surface area (Å²) in [5.74, 6) is -0.105. The Bertz CT molecular complexity index is 604. The average molecular weight is 292 g/mol. The number of rotatable bonds is 5. The number of aromatic nitrogens is 3. The van der Waals surface area contributed by atoms with Crippen LogP contribution in [0, 0.1) is 5.82 Å². The molecule has 6 heteroatoms. The molecule has 114 valence electrons. The van der Waals surface area contributed by atoms with E-state index in [4.69, 9.17) is 4.74 Å². The minimum atomic E-state index is -0.368. The molecule has 21 heavy (non-hydrogen) atoms. The Hall–Kier alpha value is -1.95. The van der Waals surface area contributed by atoms with Gasteiger partial charge in [0.05, 0.1) is 6.20 Å². The summed E-state index contributed by atoms with van der Waals surface area (Å²) >= 11 is 0. The maximum Gasteiger partial charge on any atom is 0.165 e. The molecule has 0 saturated heterocycles. The monoisotopic (exact) mass is 292 g/mol. The minimum Gasteiger partial charge on any atom is -0.484 e. The quantitative estimate of drug-likeness (QED) is 0.919. The maximum absolute atomic E-state index is 14.0. The Morgan fingerprint density at radius 3 is 2.71 bits per heavy atom. The second-order valence-electron chi connectivity index (χ2n) is 6.00. The fourth-order valence-corrected chi connectivity index (χ4v) is 1.82. The van der Waals surface area contributed by atoms with Crippen LogP contribution in [0.4, 0.5) is 4.39 Å². The van der Waals surface area contributed by atoms with Crippen molar-refractivity contribution in [3.63, 3.8) is 0 Å². The van der Waals surface area contributed by atoms with Gasteiger partial charge in [0.25, 0.3) is 0 Å². The highest BCUT2D eigenvalue weighted by atomic mass is 19.1. The summed E-state index contributed by atoms with van der Waals surface area (Å²) < 4.78 is 21.2. The first-order chi connectivity index (χ1) is 9.85. The van der Waals surface area contributed by atoms with Crippen molar-refractivity contribution in [3.05, 3.63) is 41.5 Å². The van der Waals surface area contributed by atoms with Gasteiger partial charge in [0.1, 0.15) is 12.3 Å². The molecule has 0 fully saturated rings. The SMILES string of the molecule is Cn1cc(COc2c(F)cccc2CNC(C)(C)C)nn1. The Labute approximate surface area is 124 Å². The Balaban J connectivity index is 2.10. The first kappa shape index (κ1) is 15.4. The third-order valence-electron chi connectivity index (χ3n) is 2.87. The normalized spacial score (nSPS) is 11.7. The smallest absolute Gasteiger partial charge is 0.165 e. The molecule has 1 heterocycles. The zero-order valence-corrected chi connectivity index (χ0v) is 12.9. The van der Waals surface area contributed by atoms with Gasteiger partial charge in [-0.1, -0.05) is 17.3 Å². The number of halogens is 1. The summed E-state index contributed by atoms with van der Waals surface area (Å²) in [6.45, 7) is 6.92. The Morgan fingerprint density at radius 1 is 1.33 bits per heavy atom. The minimum absolute atomic E-state index is 0.0471. The predicted octanol–water partition coefficient (Wildman–Crippen LogP) is 2.42. The van der Waals surface area contributed by atoms with Crippen molar-refractivity contribution < 1.29 is 9.13 Å². The molecular formula is C15H21FN4O. The molecule has 1 N–H and O–H groups in total. The van der Waals surface area contributed by atoms with Crippen LogP contribution in [-0.4, -0.2) is 20.5 Å². The van der Waals surface area contributed by atoms with Crippen molar-refractivity contribution in [2.75, 3.05) is 0 Å². The van der Waals surface area contributed by atoms with Gasteiger partial charge < -0.3 is 10.1 Å². The van der Waals surface area contributed by atoms with E-state index < -0.39 is 0 Å². The number of benzene rings is 1. The van der Waals surface area contributed by atoms with Gasteiger partial charge in [0.15, 0.2) is 11.6 Å². The van der Waals surface area contributed by atoms with Gasteiger partial charge in [-0.25, -0.2) is 4.39 Å². The summed E-state index contributed by atoms with van der Waals surface area (Å²) in [7, 11) is 1.78. The van der Waals surface area contributed by atoms with Crippen molar-refractivity contribution in [2.24, 2.45) is 7.05 Å².